The summed E-state index contributed by atoms with van der Waals surface area (Å²) in [6, 6.07) is 10.2. The maximum Gasteiger partial charge on any atom is 0.312 e. The average molecular weight is 357 g/mol. The van der Waals surface area contributed by atoms with Crippen LogP contribution < -0.4 is 0 Å². The Morgan fingerprint density at radius 3 is 1.88 bits per heavy atom. The summed E-state index contributed by atoms with van der Waals surface area (Å²) in [5.41, 5.74) is 1.25. The molecule has 0 spiro atoms. The summed E-state index contributed by atoms with van der Waals surface area (Å²) in [5, 5.41) is 0. The predicted octanol–water partition coefficient (Wildman–Crippen LogP) is 1.30. The molecule has 6 nitrogen and oxygen atoms in total. The summed E-state index contributed by atoms with van der Waals surface area (Å²) in [7, 11) is 0. The molecule has 0 atom stereocenters. The number of piperazine rings is 1. The Bertz CT molecular complexity index is 633. The third-order valence-corrected chi connectivity index (χ3v) is 5.19. The van der Waals surface area contributed by atoms with Gasteiger partial charge in [0.25, 0.3) is 0 Å². The molecule has 0 radical (unpaired) electrons. The molecule has 3 rings (SSSR count). The van der Waals surface area contributed by atoms with Gasteiger partial charge in [0, 0.05) is 45.7 Å². The van der Waals surface area contributed by atoms with Crippen LogP contribution in [0, 0.1) is 0 Å². The van der Waals surface area contributed by atoms with Crippen molar-refractivity contribution in [3.05, 3.63) is 35.9 Å². The highest BCUT2D eigenvalue weighted by Crippen LogP contribution is 2.12. The van der Waals surface area contributed by atoms with Crippen molar-refractivity contribution in [2.75, 3.05) is 39.3 Å². The molecular formula is C20H27N3O3. The van der Waals surface area contributed by atoms with Crippen molar-refractivity contribution in [2.45, 2.75) is 32.1 Å². The van der Waals surface area contributed by atoms with Crippen molar-refractivity contribution in [2.24, 2.45) is 0 Å². The highest BCUT2D eigenvalue weighted by Gasteiger charge is 2.31. The van der Waals surface area contributed by atoms with Gasteiger partial charge in [0.15, 0.2) is 0 Å². The Labute approximate surface area is 154 Å². The third-order valence-electron chi connectivity index (χ3n) is 5.19. The minimum atomic E-state index is -0.414. The van der Waals surface area contributed by atoms with E-state index in [2.05, 4.69) is 12.1 Å². The summed E-state index contributed by atoms with van der Waals surface area (Å²) in [6.45, 7) is 3.30. The fourth-order valence-electron chi connectivity index (χ4n) is 3.60. The fourth-order valence-corrected chi connectivity index (χ4v) is 3.60. The molecule has 140 valence electrons. The van der Waals surface area contributed by atoms with E-state index in [-0.39, 0.29) is 11.8 Å². The molecule has 2 aliphatic rings. The maximum atomic E-state index is 12.4. The van der Waals surface area contributed by atoms with Gasteiger partial charge in [-0.2, -0.15) is 0 Å². The Balaban J connectivity index is 1.39. The van der Waals surface area contributed by atoms with Crippen LogP contribution in [0.4, 0.5) is 0 Å². The Hall–Kier alpha value is -2.37. The van der Waals surface area contributed by atoms with Crippen LogP contribution >= 0.6 is 0 Å². The Morgan fingerprint density at radius 1 is 0.731 bits per heavy atom. The average Bonchev–Trinajstić information content (AvgIpc) is 3.22. The molecule has 2 aliphatic heterocycles. The third kappa shape index (κ3) is 4.62. The molecule has 1 aromatic carbocycles. The molecule has 26 heavy (non-hydrogen) atoms. The van der Waals surface area contributed by atoms with E-state index in [1.54, 1.807) is 9.80 Å². The molecule has 0 N–H and O–H groups in total. The number of carbonyl (C=O) groups excluding carboxylic acids is 3. The summed E-state index contributed by atoms with van der Waals surface area (Å²) < 4.78 is 0. The van der Waals surface area contributed by atoms with Gasteiger partial charge >= 0.3 is 11.8 Å². The van der Waals surface area contributed by atoms with E-state index >= 15 is 0 Å². The Morgan fingerprint density at radius 2 is 1.27 bits per heavy atom. The van der Waals surface area contributed by atoms with Crippen molar-refractivity contribution >= 4 is 17.7 Å². The number of benzene rings is 1. The highest BCUT2D eigenvalue weighted by molar-refractivity contribution is 6.35. The maximum absolute atomic E-state index is 12.4. The van der Waals surface area contributed by atoms with Gasteiger partial charge in [-0.25, -0.2) is 0 Å². The van der Waals surface area contributed by atoms with E-state index in [4.69, 9.17) is 0 Å². The molecule has 0 aromatic heterocycles. The summed E-state index contributed by atoms with van der Waals surface area (Å²) in [5.74, 6) is -0.660. The minimum Gasteiger partial charge on any atom is -0.339 e. The number of aryl methyl sites for hydroxylation is 1. The molecule has 3 amide bonds. The van der Waals surface area contributed by atoms with Crippen LogP contribution in [0.5, 0.6) is 0 Å². The van der Waals surface area contributed by atoms with E-state index < -0.39 is 5.91 Å². The van der Waals surface area contributed by atoms with E-state index in [1.165, 1.54) is 5.56 Å². The normalized spacial score (nSPS) is 17.5. The predicted molar refractivity (Wildman–Crippen MR) is 98.4 cm³/mol. The summed E-state index contributed by atoms with van der Waals surface area (Å²) in [6.07, 6.45) is 4.20. The van der Waals surface area contributed by atoms with Crippen molar-refractivity contribution in [3.8, 4) is 0 Å². The lowest BCUT2D eigenvalue weighted by Crippen LogP contribution is -2.54. The lowest BCUT2D eigenvalue weighted by Gasteiger charge is -2.35. The van der Waals surface area contributed by atoms with Gasteiger partial charge in [-0.1, -0.05) is 30.3 Å². The first-order chi connectivity index (χ1) is 12.6. The van der Waals surface area contributed by atoms with Crippen molar-refractivity contribution < 1.29 is 14.4 Å². The molecule has 0 unspecified atom stereocenters. The Kier molecular flexibility index (Phi) is 6.26. The second kappa shape index (κ2) is 8.83. The van der Waals surface area contributed by atoms with Gasteiger partial charge in [-0.15, -0.1) is 0 Å². The van der Waals surface area contributed by atoms with Crippen LogP contribution in [-0.4, -0.2) is 71.7 Å². The number of hydrogen-bond acceptors (Lipinski definition) is 3. The van der Waals surface area contributed by atoms with Crippen molar-refractivity contribution in [1.82, 2.24) is 14.7 Å². The molecule has 0 saturated carbocycles. The highest BCUT2D eigenvalue weighted by atomic mass is 16.2. The molecule has 2 saturated heterocycles. The largest absolute Gasteiger partial charge is 0.339 e. The lowest BCUT2D eigenvalue weighted by molar-refractivity contribution is -0.153. The standard InChI is InChI=1S/C20H27N3O3/c24-18(10-6-9-17-7-2-1-3-8-17)21-13-15-23(16-14-21)20(26)19(25)22-11-4-5-12-22/h1-3,7-8H,4-6,9-16H2. The SMILES string of the molecule is O=C(CCCc1ccccc1)N1CCN(C(=O)C(=O)N2CCCC2)CC1. The van der Waals surface area contributed by atoms with Gasteiger partial charge in [0.2, 0.25) is 5.91 Å². The van der Waals surface area contributed by atoms with Gasteiger partial charge in [0.1, 0.15) is 0 Å². The monoisotopic (exact) mass is 357 g/mol. The van der Waals surface area contributed by atoms with E-state index in [0.717, 1.165) is 25.7 Å². The van der Waals surface area contributed by atoms with Crippen LogP contribution in [0.1, 0.15) is 31.2 Å². The lowest BCUT2D eigenvalue weighted by atomic mass is 10.1. The van der Waals surface area contributed by atoms with E-state index in [9.17, 15) is 14.4 Å². The number of likely N-dealkylation sites (tertiary alicyclic amines) is 1. The van der Waals surface area contributed by atoms with E-state index in [1.807, 2.05) is 23.1 Å². The first-order valence-corrected chi connectivity index (χ1v) is 9.55. The zero-order chi connectivity index (χ0) is 18.4. The molecule has 0 aliphatic carbocycles. The number of nitrogens with zero attached hydrogens (tertiary/aromatic N) is 3. The van der Waals surface area contributed by atoms with Crippen LogP contribution in [-0.2, 0) is 20.8 Å². The van der Waals surface area contributed by atoms with Crippen molar-refractivity contribution in [1.29, 1.82) is 0 Å². The number of carbonyl (C=O) groups is 3. The van der Waals surface area contributed by atoms with Gasteiger partial charge in [-0.3, -0.25) is 14.4 Å². The molecule has 2 fully saturated rings. The topological polar surface area (TPSA) is 60.9 Å². The quantitative estimate of drug-likeness (QED) is 0.763. The van der Waals surface area contributed by atoms with Crippen LogP contribution in [0.15, 0.2) is 30.3 Å². The van der Waals surface area contributed by atoms with Gasteiger partial charge < -0.3 is 14.7 Å². The van der Waals surface area contributed by atoms with Gasteiger partial charge in [0.05, 0.1) is 0 Å². The first kappa shape index (κ1) is 18.4. The molecular weight excluding hydrogens is 330 g/mol. The van der Waals surface area contributed by atoms with E-state index in [0.29, 0.717) is 45.7 Å². The summed E-state index contributed by atoms with van der Waals surface area (Å²) in [4.78, 5) is 41.9. The first-order valence-electron chi connectivity index (χ1n) is 9.55. The number of rotatable bonds is 4. The van der Waals surface area contributed by atoms with Crippen LogP contribution in [0.2, 0.25) is 0 Å². The second-order valence-corrected chi connectivity index (χ2v) is 7.01. The van der Waals surface area contributed by atoms with Crippen LogP contribution in [0.3, 0.4) is 0 Å². The fraction of sp³-hybridized carbons (Fsp3) is 0.550. The van der Waals surface area contributed by atoms with Gasteiger partial charge in [-0.05, 0) is 31.2 Å². The van der Waals surface area contributed by atoms with Crippen LogP contribution in [0.25, 0.3) is 0 Å². The summed E-state index contributed by atoms with van der Waals surface area (Å²) >= 11 is 0. The second-order valence-electron chi connectivity index (χ2n) is 7.01. The molecule has 6 heteroatoms. The minimum absolute atomic E-state index is 0.138. The smallest absolute Gasteiger partial charge is 0.312 e. The molecule has 1 aromatic rings. The van der Waals surface area contributed by atoms with Crippen molar-refractivity contribution in [3.63, 3.8) is 0 Å². The number of amides is 3. The zero-order valence-electron chi connectivity index (χ0n) is 15.2. The molecule has 0 bridgehead atoms. The zero-order valence-corrected chi connectivity index (χ0v) is 15.2. The molecule has 2 heterocycles. The number of hydrogen-bond donors (Lipinski definition) is 0.